The molecule has 1 saturated heterocycles. The van der Waals surface area contributed by atoms with E-state index < -0.39 is 10.0 Å². The van der Waals surface area contributed by atoms with Gasteiger partial charge in [-0.3, -0.25) is 0 Å². The summed E-state index contributed by atoms with van der Waals surface area (Å²) in [6, 6.07) is 6.89. The summed E-state index contributed by atoms with van der Waals surface area (Å²) >= 11 is 0. The van der Waals surface area contributed by atoms with Crippen LogP contribution in [-0.4, -0.2) is 37.0 Å². The van der Waals surface area contributed by atoms with Gasteiger partial charge in [0.1, 0.15) is 0 Å². The third kappa shape index (κ3) is 3.16. The van der Waals surface area contributed by atoms with Gasteiger partial charge in [-0.1, -0.05) is 24.1 Å². The molecule has 1 aromatic carbocycles. The zero-order valence-electron chi connectivity index (χ0n) is 11.2. The Morgan fingerprint density at radius 1 is 1.26 bits per heavy atom. The molecule has 0 aromatic heterocycles. The topological polar surface area (TPSA) is 57.6 Å². The molecule has 106 valence electrons. The monoisotopic (exact) mass is 283 g/mol. The number of piperidine rings is 1. The molecular weight excluding hydrogens is 262 g/mol. The molecule has 4 nitrogen and oxygen atoms in total. The summed E-state index contributed by atoms with van der Waals surface area (Å²) in [5, 5.41) is 9.09. The molecule has 0 saturated carbocycles. The number of nitrogens with zero attached hydrogens (tertiary/aromatic N) is 1. The molecule has 5 heteroatoms. The van der Waals surface area contributed by atoms with Gasteiger partial charge >= 0.3 is 0 Å². The summed E-state index contributed by atoms with van der Waals surface area (Å²) in [6.45, 7) is 2.53. The third-order valence-electron chi connectivity index (χ3n) is 3.66. The lowest BCUT2D eigenvalue weighted by molar-refractivity contribution is 0.192. The van der Waals surface area contributed by atoms with E-state index in [0.29, 0.717) is 17.9 Å². The first-order valence-electron chi connectivity index (χ1n) is 6.75. The summed E-state index contributed by atoms with van der Waals surface area (Å²) in [4.78, 5) is 0.350. The number of benzene rings is 1. The van der Waals surface area contributed by atoms with Gasteiger partial charge in [-0.2, -0.15) is 4.31 Å². The van der Waals surface area contributed by atoms with E-state index in [1.54, 1.807) is 16.4 Å². The van der Waals surface area contributed by atoms with Crippen molar-refractivity contribution in [3.05, 3.63) is 29.8 Å². The van der Waals surface area contributed by atoms with Crippen LogP contribution in [0.1, 0.15) is 31.2 Å². The molecule has 1 atom stereocenters. The van der Waals surface area contributed by atoms with E-state index in [9.17, 15) is 8.42 Å². The van der Waals surface area contributed by atoms with Gasteiger partial charge in [0.2, 0.25) is 10.0 Å². The molecule has 19 heavy (non-hydrogen) atoms. The van der Waals surface area contributed by atoms with Gasteiger partial charge in [-0.05, 0) is 38.3 Å². The fourth-order valence-electron chi connectivity index (χ4n) is 2.57. The summed E-state index contributed by atoms with van der Waals surface area (Å²) in [7, 11) is -3.43. The van der Waals surface area contributed by atoms with E-state index >= 15 is 0 Å². The van der Waals surface area contributed by atoms with Crippen LogP contribution in [0.5, 0.6) is 0 Å². The molecule has 1 N–H and O–H groups in total. The molecule has 0 aliphatic carbocycles. The van der Waals surface area contributed by atoms with Gasteiger partial charge in [0, 0.05) is 19.2 Å². The maximum atomic E-state index is 12.6. The van der Waals surface area contributed by atoms with Crippen molar-refractivity contribution in [1.29, 1.82) is 0 Å². The highest BCUT2D eigenvalue weighted by molar-refractivity contribution is 7.89. The lowest BCUT2D eigenvalue weighted by Crippen LogP contribution is -2.44. The van der Waals surface area contributed by atoms with Gasteiger partial charge in [0.05, 0.1) is 4.90 Å². The maximum Gasteiger partial charge on any atom is 0.243 e. The van der Waals surface area contributed by atoms with Crippen LogP contribution >= 0.6 is 0 Å². The largest absolute Gasteiger partial charge is 0.396 e. The molecule has 0 radical (unpaired) electrons. The van der Waals surface area contributed by atoms with Gasteiger partial charge < -0.3 is 5.11 Å². The summed E-state index contributed by atoms with van der Waals surface area (Å²) < 4.78 is 26.8. The second-order valence-electron chi connectivity index (χ2n) is 5.09. The lowest BCUT2D eigenvalue weighted by atomic mass is 10.0. The Morgan fingerprint density at radius 2 is 1.95 bits per heavy atom. The Hall–Kier alpha value is -0.910. The quantitative estimate of drug-likeness (QED) is 0.918. The van der Waals surface area contributed by atoms with Crippen molar-refractivity contribution in [2.24, 2.45) is 0 Å². The predicted octanol–water partition coefficient (Wildman–Crippen LogP) is 1.92. The van der Waals surface area contributed by atoms with Crippen molar-refractivity contribution >= 4 is 10.0 Å². The Morgan fingerprint density at radius 3 is 2.58 bits per heavy atom. The molecule has 1 heterocycles. The van der Waals surface area contributed by atoms with Gasteiger partial charge in [0.25, 0.3) is 0 Å². The minimum absolute atomic E-state index is 0.0323. The molecule has 1 aliphatic rings. The van der Waals surface area contributed by atoms with E-state index in [1.807, 2.05) is 19.1 Å². The van der Waals surface area contributed by atoms with Crippen LogP contribution < -0.4 is 0 Å². The third-order valence-corrected chi connectivity index (χ3v) is 5.63. The molecule has 1 fully saturated rings. The minimum Gasteiger partial charge on any atom is -0.396 e. The predicted molar refractivity (Wildman–Crippen MR) is 74.4 cm³/mol. The van der Waals surface area contributed by atoms with Crippen molar-refractivity contribution in [3.63, 3.8) is 0 Å². The average molecular weight is 283 g/mol. The fraction of sp³-hybridized carbons (Fsp3) is 0.571. The minimum atomic E-state index is -3.43. The summed E-state index contributed by atoms with van der Waals surface area (Å²) in [5.41, 5.74) is 1.05. The average Bonchev–Trinajstić information content (AvgIpc) is 2.40. The smallest absolute Gasteiger partial charge is 0.243 e. The summed E-state index contributed by atoms with van der Waals surface area (Å²) in [6.07, 6.45) is 3.29. The van der Waals surface area contributed by atoms with E-state index in [2.05, 4.69) is 0 Å². The van der Waals surface area contributed by atoms with Gasteiger partial charge in [-0.25, -0.2) is 8.42 Å². The molecule has 0 bridgehead atoms. The number of aliphatic hydroxyl groups is 1. The Labute approximate surface area is 115 Å². The van der Waals surface area contributed by atoms with Crippen molar-refractivity contribution in [2.45, 2.75) is 43.5 Å². The van der Waals surface area contributed by atoms with Crippen LogP contribution in [0.15, 0.2) is 29.2 Å². The van der Waals surface area contributed by atoms with Crippen molar-refractivity contribution in [3.8, 4) is 0 Å². The molecule has 0 unspecified atom stereocenters. The van der Waals surface area contributed by atoms with E-state index in [4.69, 9.17) is 5.11 Å². The van der Waals surface area contributed by atoms with Crippen LogP contribution in [-0.2, 0) is 10.0 Å². The highest BCUT2D eigenvalue weighted by Gasteiger charge is 2.32. The van der Waals surface area contributed by atoms with E-state index in [-0.39, 0.29) is 12.6 Å². The Balaban J connectivity index is 2.28. The van der Waals surface area contributed by atoms with Crippen LogP contribution in [0.3, 0.4) is 0 Å². The second-order valence-corrected chi connectivity index (χ2v) is 6.98. The molecule has 1 aliphatic heterocycles. The zero-order chi connectivity index (χ0) is 13.9. The Bertz CT molecular complexity index is 508. The highest BCUT2D eigenvalue weighted by Crippen LogP contribution is 2.27. The molecule has 2 rings (SSSR count). The number of hydrogen-bond donors (Lipinski definition) is 1. The van der Waals surface area contributed by atoms with Crippen LogP contribution in [0, 0.1) is 6.92 Å². The Kier molecular flexibility index (Phi) is 4.60. The van der Waals surface area contributed by atoms with E-state index in [0.717, 1.165) is 24.8 Å². The highest BCUT2D eigenvalue weighted by atomic mass is 32.2. The standard InChI is InChI=1S/C14H21NO3S/c1-12-5-7-14(8-6-12)19(17,18)15-10-3-2-4-13(15)9-11-16/h5-8,13,16H,2-4,9-11H2,1H3/t13-/m1/s1. The van der Waals surface area contributed by atoms with Crippen molar-refractivity contribution in [2.75, 3.05) is 13.2 Å². The van der Waals surface area contributed by atoms with Gasteiger partial charge in [0.15, 0.2) is 0 Å². The van der Waals surface area contributed by atoms with Crippen molar-refractivity contribution in [1.82, 2.24) is 4.31 Å². The second kappa shape index (κ2) is 6.03. The first-order valence-corrected chi connectivity index (χ1v) is 8.19. The SMILES string of the molecule is Cc1ccc(S(=O)(=O)N2CCCC[C@@H]2CCO)cc1. The van der Waals surface area contributed by atoms with Crippen LogP contribution in [0.4, 0.5) is 0 Å². The number of rotatable bonds is 4. The molecular formula is C14H21NO3S. The normalized spacial score (nSPS) is 21.5. The first-order chi connectivity index (χ1) is 9.05. The number of hydrogen-bond acceptors (Lipinski definition) is 3. The fourth-order valence-corrected chi connectivity index (χ4v) is 4.30. The molecule has 0 amide bonds. The van der Waals surface area contributed by atoms with Gasteiger partial charge in [-0.15, -0.1) is 0 Å². The zero-order valence-corrected chi connectivity index (χ0v) is 12.1. The van der Waals surface area contributed by atoms with Crippen molar-refractivity contribution < 1.29 is 13.5 Å². The molecule has 1 aromatic rings. The van der Waals surface area contributed by atoms with Crippen LogP contribution in [0.25, 0.3) is 0 Å². The number of aryl methyl sites for hydroxylation is 1. The first kappa shape index (κ1) is 14.5. The lowest BCUT2D eigenvalue weighted by Gasteiger charge is -2.34. The molecule has 0 spiro atoms. The number of sulfonamides is 1. The van der Waals surface area contributed by atoms with Crippen LogP contribution in [0.2, 0.25) is 0 Å². The summed E-state index contributed by atoms with van der Waals surface area (Å²) in [5.74, 6) is 0. The van der Waals surface area contributed by atoms with E-state index in [1.165, 1.54) is 0 Å². The maximum absolute atomic E-state index is 12.6. The number of aliphatic hydroxyl groups excluding tert-OH is 1.